The van der Waals surface area contributed by atoms with E-state index in [1.807, 2.05) is 0 Å². The van der Waals surface area contributed by atoms with Gasteiger partial charge in [0.2, 0.25) is 11.6 Å². The molecule has 26 heavy (non-hydrogen) atoms. The van der Waals surface area contributed by atoms with Gasteiger partial charge in [0.15, 0.2) is 0 Å². The van der Waals surface area contributed by atoms with Crippen molar-refractivity contribution >= 4 is 11.6 Å². The van der Waals surface area contributed by atoms with Crippen molar-refractivity contribution in [1.82, 2.24) is 15.3 Å². The van der Waals surface area contributed by atoms with E-state index in [0.29, 0.717) is 28.5 Å². The molecule has 0 fully saturated rings. The average molecular weight is 350 g/mol. The van der Waals surface area contributed by atoms with Crippen LogP contribution in [0.1, 0.15) is 10.6 Å². The first kappa shape index (κ1) is 15.7. The lowest BCUT2D eigenvalue weighted by molar-refractivity contribution is 0.0988. The maximum absolute atomic E-state index is 13.0. The highest BCUT2D eigenvalue weighted by Gasteiger charge is 2.12. The van der Waals surface area contributed by atoms with Gasteiger partial charge in [0.25, 0.3) is 11.8 Å². The second kappa shape index (κ2) is 6.60. The van der Waals surface area contributed by atoms with Crippen LogP contribution in [0.3, 0.4) is 0 Å². The van der Waals surface area contributed by atoms with E-state index in [1.165, 1.54) is 24.4 Å². The molecule has 1 amide bonds. The lowest BCUT2D eigenvalue weighted by atomic mass is 10.2. The Morgan fingerprint density at radius 2 is 1.65 bits per heavy atom. The minimum atomic E-state index is -0.395. The third-order valence-corrected chi connectivity index (χ3v) is 3.58. The first-order chi connectivity index (χ1) is 12.7. The molecule has 0 aliphatic carbocycles. The molecule has 7 nitrogen and oxygen atoms in total. The molecule has 0 aliphatic heterocycles. The number of rotatable bonds is 4. The van der Waals surface area contributed by atoms with E-state index < -0.39 is 5.91 Å². The summed E-state index contributed by atoms with van der Waals surface area (Å²) in [7, 11) is 0. The first-order valence-corrected chi connectivity index (χ1v) is 7.61. The topological polar surface area (TPSA) is 94.1 Å². The Morgan fingerprint density at radius 3 is 2.35 bits per heavy atom. The summed E-state index contributed by atoms with van der Waals surface area (Å²) in [6.45, 7) is 0. The Kier molecular flexibility index (Phi) is 3.98. The van der Waals surface area contributed by atoms with Crippen molar-refractivity contribution in [2.45, 2.75) is 0 Å². The summed E-state index contributed by atoms with van der Waals surface area (Å²) in [4.78, 5) is 16.2. The number of amides is 1. The summed E-state index contributed by atoms with van der Waals surface area (Å²) in [6.07, 6.45) is 1.40. The van der Waals surface area contributed by atoms with Crippen LogP contribution in [0.15, 0.2) is 69.8 Å². The lowest BCUT2D eigenvalue weighted by Gasteiger charge is -2.03. The summed E-state index contributed by atoms with van der Waals surface area (Å²) in [6, 6.07) is 14.2. The van der Waals surface area contributed by atoms with Gasteiger partial charge >= 0.3 is 0 Å². The molecular formula is C18H11FN4O3. The van der Waals surface area contributed by atoms with Crippen LogP contribution in [-0.2, 0) is 0 Å². The highest BCUT2D eigenvalue weighted by Crippen LogP contribution is 2.23. The van der Waals surface area contributed by atoms with Gasteiger partial charge < -0.3 is 14.4 Å². The van der Waals surface area contributed by atoms with E-state index in [1.54, 1.807) is 36.4 Å². The van der Waals surface area contributed by atoms with Gasteiger partial charge in [0.05, 0.1) is 6.20 Å². The Morgan fingerprint density at radius 1 is 0.923 bits per heavy atom. The molecule has 0 aliphatic rings. The van der Waals surface area contributed by atoms with Crippen LogP contribution < -0.4 is 5.32 Å². The molecule has 1 N–H and O–H groups in total. The van der Waals surface area contributed by atoms with Crippen molar-refractivity contribution in [3.63, 3.8) is 0 Å². The van der Waals surface area contributed by atoms with Crippen molar-refractivity contribution in [1.29, 1.82) is 0 Å². The quantitative estimate of drug-likeness (QED) is 0.602. The minimum Gasteiger partial charge on any atom is -0.351 e. The van der Waals surface area contributed by atoms with Gasteiger partial charge in [-0.25, -0.2) is 4.39 Å². The number of halogens is 1. The van der Waals surface area contributed by atoms with Gasteiger partial charge in [0.1, 0.15) is 5.82 Å². The van der Waals surface area contributed by atoms with Gasteiger partial charge in [-0.05, 0) is 48.5 Å². The normalized spacial score (nSPS) is 10.7. The Bertz CT molecular complexity index is 1030. The highest BCUT2D eigenvalue weighted by molar-refractivity contribution is 6.02. The van der Waals surface area contributed by atoms with E-state index >= 15 is 0 Å². The third-order valence-electron chi connectivity index (χ3n) is 3.58. The van der Waals surface area contributed by atoms with Crippen molar-refractivity contribution < 1.29 is 18.2 Å². The number of nitrogens with one attached hydrogen (secondary N) is 1. The van der Waals surface area contributed by atoms with Crippen LogP contribution in [0.5, 0.6) is 0 Å². The fourth-order valence-electron chi connectivity index (χ4n) is 2.28. The van der Waals surface area contributed by atoms with Crippen molar-refractivity contribution in [3.8, 4) is 22.8 Å². The number of nitrogens with zero attached hydrogens (tertiary/aromatic N) is 3. The van der Waals surface area contributed by atoms with Crippen molar-refractivity contribution in [2.24, 2.45) is 0 Å². The highest BCUT2D eigenvalue weighted by atomic mass is 19.1. The lowest BCUT2D eigenvalue weighted by Crippen LogP contribution is -2.10. The molecule has 2 heterocycles. The van der Waals surface area contributed by atoms with Crippen LogP contribution in [0.4, 0.5) is 10.1 Å². The molecule has 2 aromatic heterocycles. The molecule has 4 rings (SSSR count). The van der Waals surface area contributed by atoms with Crippen LogP contribution in [0.25, 0.3) is 22.8 Å². The number of carbonyl (C=O) groups excluding carboxylic acids is 1. The van der Waals surface area contributed by atoms with E-state index in [0.717, 1.165) is 0 Å². The molecule has 4 aromatic rings. The zero-order valence-corrected chi connectivity index (χ0v) is 13.2. The third kappa shape index (κ3) is 3.20. The Hall–Kier alpha value is -3.81. The number of hydrogen-bond acceptors (Lipinski definition) is 6. The largest absolute Gasteiger partial charge is 0.351 e. The molecule has 128 valence electrons. The average Bonchev–Trinajstić information content (AvgIpc) is 3.35. The minimum absolute atomic E-state index is 0.121. The molecule has 0 saturated carbocycles. The zero-order valence-electron chi connectivity index (χ0n) is 13.2. The number of aromatic nitrogens is 3. The van der Waals surface area contributed by atoms with Crippen LogP contribution in [-0.4, -0.2) is 21.2 Å². The van der Waals surface area contributed by atoms with Gasteiger partial charge in [-0.1, -0.05) is 10.3 Å². The van der Waals surface area contributed by atoms with Crippen LogP contribution >= 0.6 is 0 Å². The molecule has 0 atom stereocenters. The summed E-state index contributed by atoms with van der Waals surface area (Å²) in [5.74, 6) is 0.0705. The fourth-order valence-corrected chi connectivity index (χ4v) is 2.28. The molecule has 0 saturated heterocycles. The Labute approximate surface area is 146 Å². The second-order valence-corrected chi connectivity index (χ2v) is 5.34. The standard InChI is InChI=1S/C18H11FN4O3/c19-13-5-1-12(2-6-13)18-22-16(23-26-18)11-3-7-14(8-4-11)21-17(24)15-9-10-20-25-15/h1-10H,(H,21,24). The summed E-state index contributed by atoms with van der Waals surface area (Å²) in [5, 5.41) is 10.1. The number of carbonyl (C=O) groups is 1. The summed E-state index contributed by atoms with van der Waals surface area (Å²) < 4.78 is 23.0. The maximum Gasteiger partial charge on any atom is 0.294 e. The summed E-state index contributed by atoms with van der Waals surface area (Å²) in [5.41, 5.74) is 1.92. The fraction of sp³-hybridized carbons (Fsp3) is 0. The number of anilines is 1. The van der Waals surface area contributed by atoms with E-state index in [9.17, 15) is 9.18 Å². The van der Waals surface area contributed by atoms with Gasteiger partial charge in [-0.15, -0.1) is 0 Å². The van der Waals surface area contributed by atoms with E-state index in [4.69, 9.17) is 9.05 Å². The van der Waals surface area contributed by atoms with Crippen molar-refractivity contribution in [2.75, 3.05) is 5.32 Å². The van der Waals surface area contributed by atoms with E-state index in [-0.39, 0.29) is 11.6 Å². The molecule has 0 unspecified atom stereocenters. The van der Waals surface area contributed by atoms with Crippen molar-refractivity contribution in [3.05, 3.63) is 72.4 Å². The predicted octanol–water partition coefficient (Wildman–Crippen LogP) is 3.78. The molecular weight excluding hydrogens is 339 g/mol. The zero-order chi connectivity index (χ0) is 17.9. The number of benzene rings is 2. The SMILES string of the molecule is O=C(Nc1ccc(-c2noc(-c3ccc(F)cc3)n2)cc1)c1ccno1. The Balaban J connectivity index is 1.50. The first-order valence-electron chi connectivity index (χ1n) is 7.61. The van der Waals surface area contributed by atoms with Crippen LogP contribution in [0, 0.1) is 5.82 Å². The molecule has 0 radical (unpaired) electrons. The monoisotopic (exact) mass is 350 g/mol. The van der Waals surface area contributed by atoms with E-state index in [2.05, 4.69) is 20.6 Å². The van der Waals surface area contributed by atoms with Gasteiger partial charge in [0, 0.05) is 22.9 Å². The second-order valence-electron chi connectivity index (χ2n) is 5.34. The van der Waals surface area contributed by atoms with Crippen LogP contribution in [0.2, 0.25) is 0 Å². The predicted molar refractivity (Wildman–Crippen MR) is 89.6 cm³/mol. The molecule has 2 aromatic carbocycles. The summed E-state index contributed by atoms with van der Waals surface area (Å²) >= 11 is 0. The smallest absolute Gasteiger partial charge is 0.294 e. The molecule has 0 spiro atoms. The molecule has 0 bridgehead atoms. The number of hydrogen-bond donors (Lipinski definition) is 1. The van der Waals surface area contributed by atoms with Gasteiger partial charge in [-0.3, -0.25) is 4.79 Å². The maximum atomic E-state index is 13.0. The molecule has 8 heteroatoms. The van der Waals surface area contributed by atoms with Gasteiger partial charge in [-0.2, -0.15) is 4.98 Å².